The van der Waals surface area contributed by atoms with E-state index in [1.807, 2.05) is 0 Å². The fourth-order valence-corrected chi connectivity index (χ4v) is 1.42. The summed E-state index contributed by atoms with van der Waals surface area (Å²) < 4.78 is 7.61. The zero-order chi connectivity index (χ0) is 8.55. The summed E-state index contributed by atoms with van der Waals surface area (Å²) in [5.74, 6) is 0. The first-order valence-corrected chi connectivity index (χ1v) is 4.52. The lowest BCUT2D eigenvalue weighted by Gasteiger charge is -2.01. The van der Waals surface area contributed by atoms with Crippen molar-refractivity contribution in [3.05, 3.63) is 33.2 Å². The number of epoxide rings is 1. The van der Waals surface area contributed by atoms with Gasteiger partial charge in [0.05, 0.1) is 19.3 Å². The van der Waals surface area contributed by atoms with Crippen LogP contribution in [0.2, 0.25) is 0 Å². The molecular weight excluding hydrogens is 222 g/mol. The van der Waals surface area contributed by atoms with Crippen LogP contribution in [0.15, 0.2) is 27.6 Å². The highest BCUT2D eigenvalue weighted by Crippen LogP contribution is 2.12. The lowest BCUT2D eigenvalue weighted by Crippen LogP contribution is -2.20. The van der Waals surface area contributed by atoms with Crippen molar-refractivity contribution in [3.63, 3.8) is 0 Å². The van der Waals surface area contributed by atoms with Gasteiger partial charge in [-0.3, -0.25) is 4.79 Å². The number of hydrogen-bond acceptors (Lipinski definition) is 2. The van der Waals surface area contributed by atoms with E-state index >= 15 is 0 Å². The molecule has 0 N–H and O–H groups in total. The molecule has 2 rings (SSSR count). The van der Waals surface area contributed by atoms with Gasteiger partial charge in [-0.2, -0.15) is 0 Å². The average Bonchev–Trinajstić information content (AvgIpc) is 2.81. The fraction of sp³-hybridized carbons (Fsp3) is 0.375. The first-order valence-electron chi connectivity index (χ1n) is 3.73. The SMILES string of the molecule is O=c1ccc(Br)cn1C[C@H]1CO1. The molecule has 1 aromatic rings. The van der Waals surface area contributed by atoms with Crippen molar-refractivity contribution in [2.45, 2.75) is 12.6 Å². The van der Waals surface area contributed by atoms with Gasteiger partial charge in [0.1, 0.15) is 0 Å². The number of halogens is 1. The predicted molar refractivity (Wildman–Crippen MR) is 48.1 cm³/mol. The summed E-state index contributed by atoms with van der Waals surface area (Å²) in [5.41, 5.74) is 0.0219. The van der Waals surface area contributed by atoms with Crippen LogP contribution in [0.1, 0.15) is 0 Å². The Morgan fingerprint density at radius 2 is 2.42 bits per heavy atom. The largest absolute Gasteiger partial charge is 0.371 e. The topological polar surface area (TPSA) is 34.5 Å². The van der Waals surface area contributed by atoms with Crippen LogP contribution in [0.25, 0.3) is 0 Å². The van der Waals surface area contributed by atoms with E-state index in [-0.39, 0.29) is 11.7 Å². The summed E-state index contributed by atoms with van der Waals surface area (Å²) in [5, 5.41) is 0. The van der Waals surface area contributed by atoms with Gasteiger partial charge in [0.15, 0.2) is 0 Å². The Labute approximate surface area is 78.1 Å². The maximum Gasteiger partial charge on any atom is 0.250 e. The van der Waals surface area contributed by atoms with Gasteiger partial charge in [0.2, 0.25) is 0 Å². The second-order valence-corrected chi connectivity index (χ2v) is 3.71. The maximum atomic E-state index is 11.2. The number of pyridine rings is 1. The van der Waals surface area contributed by atoms with Crippen molar-refractivity contribution in [3.8, 4) is 0 Å². The molecule has 1 fully saturated rings. The van der Waals surface area contributed by atoms with Crippen LogP contribution in [0.4, 0.5) is 0 Å². The smallest absolute Gasteiger partial charge is 0.250 e. The van der Waals surface area contributed by atoms with Gasteiger partial charge in [-0.1, -0.05) is 0 Å². The number of nitrogens with zero attached hydrogens (tertiary/aromatic N) is 1. The Kier molecular flexibility index (Phi) is 2.02. The Hall–Kier alpha value is -0.610. The average molecular weight is 230 g/mol. The predicted octanol–water partition coefficient (Wildman–Crippen LogP) is 1.01. The normalized spacial score (nSPS) is 20.9. The third kappa shape index (κ3) is 1.76. The molecule has 12 heavy (non-hydrogen) atoms. The Morgan fingerprint density at radius 1 is 1.67 bits per heavy atom. The number of rotatable bonds is 2. The Morgan fingerprint density at radius 3 is 3.08 bits per heavy atom. The van der Waals surface area contributed by atoms with Crippen LogP contribution in [0, 0.1) is 0 Å². The second-order valence-electron chi connectivity index (χ2n) is 2.79. The van der Waals surface area contributed by atoms with Crippen molar-refractivity contribution in [1.82, 2.24) is 4.57 Å². The molecule has 0 aromatic carbocycles. The zero-order valence-electron chi connectivity index (χ0n) is 6.37. The van der Waals surface area contributed by atoms with Gasteiger partial charge in [0.25, 0.3) is 5.56 Å². The number of hydrogen-bond donors (Lipinski definition) is 0. The van der Waals surface area contributed by atoms with Crippen LogP contribution >= 0.6 is 15.9 Å². The molecule has 64 valence electrons. The minimum atomic E-state index is 0.0219. The quantitative estimate of drug-likeness (QED) is 0.710. The monoisotopic (exact) mass is 229 g/mol. The molecule has 0 bridgehead atoms. The molecule has 0 radical (unpaired) electrons. The lowest BCUT2D eigenvalue weighted by atomic mass is 10.4. The molecule has 0 unspecified atom stereocenters. The van der Waals surface area contributed by atoms with Crippen LogP contribution in [-0.4, -0.2) is 17.3 Å². The molecule has 1 atom stereocenters. The standard InChI is InChI=1S/C8H8BrNO2/c9-6-1-2-8(11)10(3-6)4-7-5-12-7/h1-3,7H,4-5H2/t7-/m0/s1. The highest BCUT2D eigenvalue weighted by atomic mass is 79.9. The minimum absolute atomic E-state index is 0.0219. The molecule has 2 heterocycles. The van der Waals surface area contributed by atoms with E-state index in [1.54, 1.807) is 22.9 Å². The first kappa shape index (κ1) is 8.01. The summed E-state index contributed by atoms with van der Waals surface area (Å²) in [6, 6.07) is 3.29. The molecule has 1 saturated heterocycles. The third-order valence-corrected chi connectivity index (χ3v) is 2.22. The molecule has 1 aromatic heterocycles. The van der Waals surface area contributed by atoms with Gasteiger partial charge in [-0.05, 0) is 22.0 Å². The van der Waals surface area contributed by atoms with Crippen LogP contribution in [0.3, 0.4) is 0 Å². The van der Waals surface area contributed by atoms with E-state index in [2.05, 4.69) is 15.9 Å². The molecule has 1 aliphatic heterocycles. The van der Waals surface area contributed by atoms with E-state index in [1.165, 1.54) is 0 Å². The molecule has 1 aliphatic rings. The highest BCUT2D eigenvalue weighted by molar-refractivity contribution is 9.10. The van der Waals surface area contributed by atoms with E-state index in [9.17, 15) is 4.79 Å². The van der Waals surface area contributed by atoms with E-state index in [4.69, 9.17) is 4.74 Å². The van der Waals surface area contributed by atoms with E-state index < -0.39 is 0 Å². The van der Waals surface area contributed by atoms with E-state index in [0.29, 0.717) is 6.54 Å². The third-order valence-electron chi connectivity index (χ3n) is 1.75. The number of aromatic nitrogens is 1. The molecular formula is C8H8BrNO2. The summed E-state index contributed by atoms with van der Waals surface area (Å²) >= 11 is 3.31. The Balaban J connectivity index is 2.27. The van der Waals surface area contributed by atoms with Gasteiger partial charge in [0, 0.05) is 16.7 Å². The van der Waals surface area contributed by atoms with Crippen LogP contribution in [-0.2, 0) is 11.3 Å². The number of ether oxygens (including phenoxy) is 1. The fourth-order valence-electron chi connectivity index (χ4n) is 1.04. The van der Waals surface area contributed by atoms with E-state index in [0.717, 1.165) is 11.1 Å². The molecule has 0 aliphatic carbocycles. The lowest BCUT2D eigenvalue weighted by molar-refractivity contribution is 0.380. The van der Waals surface area contributed by atoms with Gasteiger partial charge < -0.3 is 9.30 Å². The van der Waals surface area contributed by atoms with Crippen molar-refractivity contribution < 1.29 is 4.74 Å². The maximum absolute atomic E-state index is 11.2. The summed E-state index contributed by atoms with van der Waals surface area (Å²) in [7, 11) is 0. The molecule has 0 amide bonds. The summed E-state index contributed by atoms with van der Waals surface area (Å²) in [4.78, 5) is 11.2. The highest BCUT2D eigenvalue weighted by Gasteiger charge is 2.22. The zero-order valence-corrected chi connectivity index (χ0v) is 7.95. The Bertz CT molecular complexity index is 343. The molecule has 3 nitrogen and oxygen atoms in total. The van der Waals surface area contributed by atoms with Crippen molar-refractivity contribution >= 4 is 15.9 Å². The molecule has 4 heteroatoms. The minimum Gasteiger partial charge on any atom is -0.371 e. The second kappa shape index (κ2) is 3.03. The summed E-state index contributed by atoms with van der Waals surface area (Å²) in [6.07, 6.45) is 2.03. The molecule has 0 saturated carbocycles. The van der Waals surface area contributed by atoms with Gasteiger partial charge >= 0.3 is 0 Å². The van der Waals surface area contributed by atoms with Crippen molar-refractivity contribution in [2.24, 2.45) is 0 Å². The molecule has 0 spiro atoms. The van der Waals surface area contributed by atoms with Crippen LogP contribution in [0.5, 0.6) is 0 Å². The van der Waals surface area contributed by atoms with Gasteiger partial charge in [-0.25, -0.2) is 0 Å². The van der Waals surface area contributed by atoms with Gasteiger partial charge in [-0.15, -0.1) is 0 Å². The summed E-state index contributed by atoms with van der Waals surface area (Å²) in [6.45, 7) is 1.44. The van der Waals surface area contributed by atoms with Crippen LogP contribution < -0.4 is 5.56 Å². The van der Waals surface area contributed by atoms with Crippen molar-refractivity contribution in [2.75, 3.05) is 6.61 Å². The van der Waals surface area contributed by atoms with Crippen molar-refractivity contribution in [1.29, 1.82) is 0 Å². The first-order chi connectivity index (χ1) is 5.75.